The Morgan fingerprint density at radius 3 is 2.71 bits per heavy atom. The molecule has 74 valence electrons. The molecule has 0 aliphatic carbocycles. The molecule has 2 heterocycles. The Morgan fingerprint density at radius 2 is 2.00 bits per heavy atom. The lowest BCUT2D eigenvalue weighted by Crippen LogP contribution is -2.23. The van der Waals surface area contributed by atoms with Crippen molar-refractivity contribution < 1.29 is 0 Å². The lowest BCUT2D eigenvalue weighted by molar-refractivity contribution is 0.311. The normalized spacial score (nSPS) is 17.6. The first kappa shape index (κ1) is 9.25. The minimum absolute atomic E-state index is 1.04. The van der Waals surface area contributed by atoms with Crippen molar-refractivity contribution in [1.29, 1.82) is 0 Å². The van der Waals surface area contributed by atoms with Crippen molar-refractivity contribution in [2.24, 2.45) is 0 Å². The summed E-state index contributed by atoms with van der Waals surface area (Å²) in [4.78, 5) is 6.62. The second kappa shape index (κ2) is 4.80. The average molecular weight is 188 g/mol. The highest BCUT2D eigenvalue weighted by Gasteiger charge is 2.04. The molecule has 1 aromatic rings. The van der Waals surface area contributed by atoms with Crippen LogP contribution in [0.1, 0.15) is 25.0 Å². The van der Waals surface area contributed by atoms with E-state index in [0.29, 0.717) is 0 Å². The van der Waals surface area contributed by atoms with Gasteiger partial charge in [0.05, 0.1) is 5.69 Å². The highest BCUT2D eigenvalue weighted by atomic mass is 15.1. The van der Waals surface area contributed by atoms with Crippen molar-refractivity contribution in [1.82, 2.24) is 9.88 Å². The molecule has 0 radical (unpaired) electrons. The van der Waals surface area contributed by atoms with Crippen LogP contribution in [0, 0.1) is 0 Å². The third-order valence-electron chi connectivity index (χ3n) is 2.53. The number of hydrogen-bond acceptors (Lipinski definition) is 2. The van der Waals surface area contributed by atoms with Crippen LogP contribution >= 0.6 is 0 Å². The van der Waals surface area contributed by atoms with Crippen LogP contribution in [0.5, 0.6) is 0 Å². The second-order valence-electron chi connectivity index (χ2n) is 3.67. The number of pyridine rings is 1. The maximum Gasteiger partial charge on any atom is 0.0644 e. The summed E-state index contributed by atoms with van der Waals surface area (Å²) in [5, 5.41) is 0. The minimum Gasteiger partial charge on any atom is -0.377 e. The first-order valence-corrected chi connectivity index (χ1v) is 5.28. The number of likely N-dealkylation sites (tertiary alicyclic amines) is 1. The maximum absolute atomic E-state index is 4.25. The number of piperidine rings is 1. The van der Waals surface area contributed by atoms with Gasteiger partial charge in [-0.1, -0.05) is 6.07 Å². The molecule has 2 rings (SSSR count). The van der Waals surface area contributed by atoms with Gasteiger partial charge in [-0.15, -0.1) is 0 Å². The predicted octanol–water partition coefficient (Wildman–Crippen LogP) is 2.54. The van der Waals surface area contributed by atoms with E-state index in [-0.39, 0.29) is 0 Å². The summed E-state index contributed by atoms with van der Waals surface area (Å²) in [7, 11) is 0. The van der Waals surface area contributed by atoms with Gasteiger partial charge in [0.15, 0.2) is 0 Å². The third-order valence-corrected chi connectivity index (χ3v) is 2.53. The van der Waals surface area contributed by atoms with Gasteiger partial charge in [-0.25, -0.2) is 0 Å². The quantitative estimate of drug-likeness (QED) is 0.709. The van der Waals surface area contributed by atoms with E-state index in [9.17, 15) is 0 Å². The van der Waals surface area contributed by atoms with Gasteiger partial charge in [0.2, 0.25) is 0 Å². The molecule has 0 bridgehead atoms. The van der Waals surface area contributed by atoms with E-state index in [2.05, 4.69) is 22.2 Å². The molecule has 0 aromatic carbocycles. The zero-order chi connectivity index (χ0) is 9.64. The smallest absolute Gasteiger partial charge is 0.0644 e. The Bertz CT molecular complexity index is 286. The first-order valence-electron chi connectivity index (χ1n) is 5.28. The predicted molar refractivity (Wildman–Crippen MR) is 58.7 cm³/mol. The van der Waals surface area contributed by atoms with Crippen LogP contribution in [-0.4, -0.2) is 23.0 Å². The Balaban J connectivity index is 1.93. The maximum atomic E-state index is 4.25. The molecule has 1 fully saturated rings. The van der Waals surface area contributed by atoms with Gasteiger partial charge in [0.1, 0.15) is 0 Å². The zero-order valence-electron chi connectivity index (χ0n) is 8.39. The second-order valence-corrected chi connectivity index (χ2v) is 3.67. The summed E-state index contributed by atoms with van der Waals surface area (Å²) in [6.07, 6.45) is 10.1. The summed E-state index contributed by atoms with van der Waals surface area (Å²) >= 11 is 0. The van der Waals surface area contributed by atoms with Crippen molar-refractivity contribution in [3.05, 3.63) is 36.3 Å². The summed E-state index contributed by atoms with van der Waals surface area (Å²) < 4.78 is 0. The molecule has 0 unspecified atom stereocenters. The molecule has 0 spiro atoms. The van der Waals surface area contributed by atoms with E-state index >= 15 is 0 Å². The molecule has 2 nitrogen and oxygen atoms in total. The van der Waals surface area contributed by atoms with Gasteiger partial charge in [0, 0.05) is 25.5 Å². The SMILES string of the molecule is C(=C\N1CCCCC1)/c1ccccn1. The third kappa shape index (κ3) is 2.59. The van der Waals surface area contributed by atoms with E-state index in [0.717, 1.165) is 5.69 Å². The summed E-state index contributed by atoms with van der Waals surface area (Å²) in [6.45, 7) is 2.40. The first-order chi connectivity index (χ1) is 6.95. The van der Waals surface area contributed by atoms with Crippen LogP contribution in [0.3, 0.4) is 0 Å². The Labute approximate surface area is 85.3 Å². The van der Waals surface area contributed by atoms with Crippen molar-refractivity contribution in [2.45, 2.75) is 19.3 Å². The average Bonchev–Trinajstić information content (AvgIpc) is 2.29. The summed E-state index contributed by atoms with van der Waals surface area (Å²) in [5.74, 6) is 0. The molecule has 1 aliphatic heterocycles. The van der Waals surface area contributed by atoms with Crippen molar-refractivity contribution in [3.63, 3.8) is 0 Å². The van der Waals surface area contributed by atoms with Gasteiger partial charge in [0.25, 0.3) is 0 Å². The van der Waals surface area contributed by atoms with Gasteiger partial charge in [-0.05, 0) is 37.5 Å². The van der Waals surface area contributed by atoms with Crippen LogP contribution in [0.25, 0.3) is 6.08 Å². The molecule has 0 amide bonds. The molecule has 0 N–H and O–H groups in total. The van der Waals surface area contributed by atoms with Crippen LogP contribution < -0.4 is 0 Å². The van der Waals surface area contributed by atoms with Gasteiger partial charge < -0.3 is 4.90 Å². The van der Waals surface area contributed by atoms with E-state index in [1.54, 1.807) is 0 Å². The van der Waals surface area contributed by atoms with E-state index in [1.165, 1.54) is 32.4 Å². The molecule has 1 aromatic heterocycles. The number of nitrogens with zero attached hydrogens (tertiary/aromatic N) is 2. The Hall–Kier alpha value is -1.31. The zero-order valence-corrected chi connectivity index (χ0v) is 8.39. The van der Waals surface area contributed by atoms with Crippen LogP contribution in [0.15, 0.2) is 30.6 Å². The fourth-order valence-corrected chi connectivity index (χ4v) is 1.72. The molecule has 0 atom stereocenters. The fourth-order valence-electron chi connectivity index (χ4n) is 1.72. The summed E-state index contributed by atoms with van der Waals surface area (Å²) in [5.41, 5.74) is 1.04. The van der Waals surface area contributed by atoms with Crippen LogP contribution in [0.4, 0.5) is 0 Å². The molecule has 1 aliphatic rings. The minimum atomic E-state index is 1.04. The van der Waals surface area contributed by atoms with Crippen molar-refractivity contribution in [3.8, 4) is 0 Å². The highest BCUT2D eigenvalue weighted by molar-refractivity contribution is 5.43. The lowest BCUT2D eigenvalue weighted by atomic mass is 10.1. The highest BCUT2D eigenvalue weighted by Crippen LogP contribution is 2.09. The van der Waals surface area contributed by atoms with E-state index < -0.39 is 0 Å². The Kier molecular flexibility index (Phi) is 3.17. The number of rotatable bonds is 2. The van der Waals surface area contributed by atoms with Gasteiger partial charge in [-0.2, -0.15) is 0 Å². The van der Waals surface area contributed by atoms with Gasteiger partial charge in [-0.3, -0.25) is 4.98 Å². The number of aromatic nitrogens is 1. The topological polar surface area (TPSA) is 16.1 Å². The van der Waals surface area contributed by atoms with Crippen molar-refractivity contribution >= 4 is 6.08 Å². The van der Waals surface area contributed by atoms with E-state index in [4.69, 9.17) is 0 Å². The monoisotopic (exact) mass is 188 g/mol. The molecule has 2 heteroatoms. The molecular weight excluding hydrogens is 172 g/mol. The molecular formula is C12H16N2. The number of hydrogen-bond donors (Lipinski definition) is 0. The van der Waals surface area contributed by atoms with Crippen LogP contribution in [0.2, 0.25) is 0 Å². The van der Waals surface area contributed by atoms with Gasteiger partial charge >= 0.3 is 0 Å². The largest absolute Gasteiger partial charge is 0.377 e. The molecule has 14 heavy (non-hydrogen) atoms. The van der Waals surface area contributed by atoms with Crippen LogP contribution in [-0.2, 0) is 0 Å². The lowest BCUT2D eigenvalue weighted by Gasteiger charge is -2.24. The molecule has 0 saturated carbocycles. The van der Waals surface area contributed by atoms with Crippen molar-refractivity contribution in [2.75, 3.05) is 13.1 Å². The summed E-state index contributed by atoms with van der Waals surface area (Å²) in [6, 6.07) is 5.99. The molecule has 1 saturated heterocycles. The standard InChI is InChI=1S/C12H16N2/c1-4-9-14(10-5-1)11-7-12-6-2-3-8-13-12/h2-3,6-8,11H,1,4-5,9-10H2/b11-7+. The fraction of sp³-hybridized carbons (Fsp3) is 0.417. The Morgan fingerprint density at radius 1 is 1.14 bits per heavy atom. The van der Waals surface area contributed by atoms with E-state index in [1.807, 2.05) is 24.4 Å².